The summed E-state index contributed by atoms with van der Waals surface area (Å²) in [7, 11) is -1.73. The zero-order chi connectivity index (χ0) is 11.9. The van der Waals surface area contributed by atoms with E-state index in [1.165, 1.54) is 6.07 Å². The molecule has 0 saturated heterocycles. The van der Waals surface area contributed by atoms with E-state index in [9.17, 15) is 13.2 Å². The molecule has 0 amide bonds. The molecule has 0 aromatic heterocycles. The maximum Gasteiger partial charge on any atom is 0.417 e. The molecule has 0 aliphatic heterocycles. The summed E-state index contributed by atoms with van der Waals surface area (Å²) in [6.45, 7) is 6.06. The summed E-state index contributed by atoms with van der Waals surface area (Å²) in [6.07, 6.45) is -4.28. The molecule has 0 nitrogen and oxygen atoms in total. The molecule has 84 valence electrons. The van der Waals surface area contributed by atoms with Crippen molar-refractivity contribution in [3.8, 4) is 0 Å². The largest absolute Gasteiger partial charge is 0.417 e. The van der Waals surface area contributed by atoms with Crippen molar-refractivity contribution >= 4 is 29.2 Å². The lowest BCUT2D eigenvalue weighted by Crippen LogP contribution is -2.39. The third kappa shape index (κ3) is 2.84. The molecule has 0 saturated carbocycles. The number of benzene rings is 1. The van der Waals surface area contributed by atoms with E-state index in [1.54, 1.807) is 6.07 Å². The Balaban J connectivity index is 3.37. The monoisotopic (exact) mass is 296 g/mol. The summed E-state index contributed by atoms with van der Waals surface area (Å²) in [4.78, 5) is 0. The fourth-order valence-corrected chi connectivity index (χ4v) is 4.99. The molecule has 0 bridgehead atoms. The average Bonchev–Trinajstić information content (AvgIpc) is 1.99. The smallest absolute Gasteiger partial charge is 0.166 e. The number of halogens is 4. The van der Waals surface area contributed by atoms with Gasteiger partial charge >= 0.3 is 6.18 Å². The van der Waals surface area contributed by atoms with Crippen LogP contribution in [0.25, 0.3) is 0 Å². The van der Waals surface area contributed by atoms with Crippen LogP contribution in [0.15, 0.2) is 22.7 Å². The lowest BCUT2D eigenvalue weighted by Gasteiger charge is -2.21. The van der Waals surface area contributed by atoms with E-state index < -0.39 is 19.8 Å². The highest BCUT2D eigenvalue weighted by Crippen LogP contribution is 2.34. The lowest BCUT2D eigenvalue weighted by atomic mass is 10.2. The predicted octanol–water partition coefficient (Wildman–Crippen LogP) is 4.01. The first-order valence-corrected chi connectivity index (χ1v) is 8.79. The molecular weight excluding hydrogens is 285 g/mol. The molecule has 5 heteroatoms. The number of rotatable bonds is 1. The first-order chi connectivity index (χ1) is 6.64. The van der Waals surface area contributed by atoms with Crippen LogP contribution < -0.4 is 5.19 Å². The minimum atomic E-state index is -4.28. The Morgan fingerprint density at radius 1 is 1.13 bits per heavy atom. The van der Waals surface area contributed by atoms with Crippen LogP contribution in [-0.4, -0.2) is 8.07 Å². The fourth-order valence-electron chi connectivity index (χ4n) is 1.33. The quantitative estimate of drug-likeness (QED) is 0.687. The zero-order valence-electron chi connectivity index (χ0n) is 8.74. The van der Waals surface area contributed by atoms with Crippen LogP contribution >= 0.6 is 15.9 Å². The van der Waals surface area contributed by atoms with E-state index in [4.69, 9.17) is 0 Å². The molecule has 0 aliphatic carbocycles. The summed E-state index contributed by atoms with van der Waals surface area (Å²) < 4.78 is 38.0. The van der Waals surface area contributed by atoms with E-state index >= 15 is 0 Å². The van der Waals surface area contributed by atoms with Crippen molar-refractivity contribution in [3.63, 3.8) is 0 Å². The average molecular weight is 297 g/mol. The van der Waals surface area contributed by atoms with Crippen LogP contribution in [0.2, 0.25) is 19.6 Å². The van der Waals surface area contributed by atoms with Gasteiger partial charge in [-0.15, -0.1) is 0 Å². The van der Waals surface area contributed by atoms with Crippen molar-refractivity contribution in [3.05, 3.63) is 28.2 Å². The molecule has 15 heavy (non-hydrogen) atoms. The van der Waals surface area contributed by atoms with Gasteiger partial charge < -0.3 is 0 Å². The van der Waals surface area contributed by atoms with Gasteiger partial charge in [0.2, 0.25) is 0 Å². The maximum absolute atomic E-state index is 12.6. The van der Waals surface area contributed by atoms with Crippen LogP contribution in [0, 0.1) is 0 Å². The highest BCUT2D eigenvalue weighted by Gasteiger charge is 2.35. The molecule has 0 unspecified atom stereocenters. The Morgan fingerprint density at radius 2 is 1.67 bits per heavy atom. The van der Waals surface area contributed by atoms with Crippen molar-refractivity contribution in [1.82, 2.24) is 0 Å². The molecule has 1 rings (SSSR count). The Labute approximate surface area is 96.6 Å². The number of hydrogen-bond donors (Lipinski definition) is 0. The molecule has 0 heterocycles. The van der Waals surface area contributed by atoms with Crippen LogP contribution in [0.1, 0.15) is 5.56 Å². The van der Waals surface area contributed by atoms with Crippen LogP contribution in [-0.2, 0) is 6.18 Å². The molecule has 0 fully saturated rings. The Kier molecular flexibility index (Phi) is 3.35. The van der Waals surface area contributed by atoms with E-state index in [-0.39, 0.29) is 4.47 Å². The Bertz CT molecular complexity index is 334. The van der Waals surface area contributed by atoms with Crippen LogP contribution in [0.4, 0.5) is 13.2 Å². The summed E-state index contributed by atoms with van der Waals surface area (Å²) in [5.41, 5.74) is -0.581. The standard InChI is InChI=1S/C10H12BrF3Si/c1-15(2,3)8-6-4-5-7(9(8)11)10(12,13)14/h4-6H,1-3H3. The molecule has 1 aromatic rings. The zero-order valence-corrected chi connectivity index (χ0v) is 11.3. The molecule has 0 N–H and O–H groups in total. The van der Waals surface area contributed by atoms with Crippen LogP contribution in [0.3, 0.4) is 0 Å². The van der Waals surface area contributed by atoms with Gasteiger partial charge in [-0.3, -0.25) is 0 Å². The summed E-state index contributed by atoms with van der Waals surface area (Å²) in [5.74, 6) is 0. The summed E-state index contributed by atoms with van der Waals surface area (Å²) >= 11 is 3.07. The van der Waals surface area contributed by atoms with Gasteiger partial charge in [-0.2, -0.15) is 13.2 Å². The van der Waals surface area contributed by atoms with Gasteiger partial charge in [-0.05, 0) is 11.3 Å². The van der Waals surface area contributed by atoms with Crippen molar-refractivity contribution < 1.29 is 13.2 Å². The Hall–Kier alpha value is -0.293. The van der Waals surface area contributed by atoms with Gasteiger partial charge in [-0.25, -0.2) is 0 Å². The van der Waals surface area contributed by atoms with E-state index in [0.717, 1.165) is 11.3 Å². The van der Waals surface area contributed by atoms with E-state index in [0.29, 0.717) is 0 Å². The molecular formula is C10H12BrF3Si. The lowest BCUT2D eigenvalue weighted by molar-refractivity contribution is -0.138. The van der Waals surface area contributed by atoms with Crippen molar-refractivity contribution in [2.45, 2.75) is 25.8 Å². The second kappa shape index (κ2) is 3.94. The van der Waals surface area contributed by atoms with Gasteiger partial charge in [0, 0.05) is 4.47 Å². The van der Waals surface area contributed by atoms with E-state index in [1.807, 2.05) is 19.6 Å². The van der Waals surface area contributed by atoms with Gasteiger partial charge in [0.1, 0.15) is 0 Å². The first-order valence-electron chi connectivity index (χ1n) is 4.50. The third-order valence-electron chi connectivity index (χ3n) is 2.11. The number of hydrogen-bond acceptors (Lipinski definition) is 0. The maximum atomic E-state index is 12.6. The van der Waals surface area contributed by atoms with Gasteiger partial charge in [-0.1, -0.05) is 47.7 Å². The minimum absolute atomic E-state index is 0.205. The van der Waals surface area contributed by atoms with Crippen molar-refractivity contribution in [2.24, 2.45) is 0 Å². The third-order valence-corrected chi connectivity index (χ3v) is 5.37. The minimum Gasteiger partial charge on any atom is -0.166 e. The molecule has 0 aliphatic rings. The molecule has 0 atom stereocenters. The van der Waals surface area contributed by atoms with Gasteiger partial charge in [0.05, 0.1) is 13.6 Å². The summed E-state index contributed by atoms with van der Waals surface area (Å²) in [5, 5.41) is 0.803. The molecule has 0 radical (unpaired) electrons. The molecule has 1 aromatic carbocycles. The second-order valence-corrected chi connectivity index (χ2v) is 10.2. The van der Waals surface area contributed by atoms with Crippen molar-refractivity contribution in [2.75, 3.05) is 0 Å². The van der Waals surface area contributed by atoms with E-state index in [2.05, 4.69) is 15.9 Å². The second-order valence-electron chi connectivity index (χ2n) is 4.41. The van der Waals surface area contributed by atoms with Crippen LogP contribution in [0.5, 0.6) is 0 Å². The Morgan fingerprint density at radius 3 is 2.07 bits per heavy atom. The number of alkyl halides is 3. The summed E-state index contributed by atoms with van der Waals surface area (Å²) in [6, 6.07) is 4.35. The predicted molar refractivity (Wildman–Crippen MR) is 62.1 cm³/mol. The van der Waals surface area contributed by atoms with Crippen molar-refractivity contribution in [1.29, 1.82) is 0 Å². The van der Waals surface area contributed by atoms with Gasteiger partial charge in [0.15, 0.2) is 0 Å². The molecule has 0 spiro atoms. The SMILES string of the molecule is C[Si](C)(C)c1cccc(C(F)(F)F)c1Br. The topological polar surface area (TPSA) is 0 Å². The van der Waals surface area contributed by atoms with Gasteiger partial charge in [0.25, 0.3) is 0 Å². The highest BCUT2D eigenvalue weighted by molar-refractivity contribution is 9.10. The first kappa shape index (κ1) is 12.8. The fraction of sp³-hybridized carbons (Fsp3) is 0.400. The normalized spacial score (nSPS) is 13.0. The highest BCUT2D eigenvalue weighted by atomic mass is 79.9.